The van der Waals surface area contributed by atoms with Crippen LogP contribution in [-0.4, -0.2) is 53.6 Å². The van der Waals surface area contributed by atoms with Crippen molar-refractivity contribution in [3.05, 3.63) is 0 Å². The van der Waals surface area contributed by atoms with Crippen molar-refractivity contribution in [3.8, 4) is 0 Å². The fourth-order valence-corrected chi connectivity index (χ4v) is 3.04. The molecule has 0 bridgehead atoms. The zero-order valence-electron chi connectivity index (χ0n) is 10.0. The molecule has 1 unspecified atom stereocenters. The van der Waals surface area contributed by atoms with Crippen LogP contribution in [0.4, 0.5) is 0 Å². The molecule has 3 nitrogen and oxygen atoms in total. The molecule has 0 aromatic heterocycles. The second-order valence-electron chi connectivity index (χ2n) is 5.06. The Bertz CT molecular complexity index is 238. The van der Waals surface area contributed by atoms with Crippen molar-refractivity contribution in [2.45, 2.75) is 38.1 Å². The van der Waals surface area contributed by atoms with Crippen molar-refractivity contribution in [3.63, 3.8) is 0 Å². The lowest BCUT2D eigenvalue weighted by Crippen LogP contribution is -2.35. The Morgan fingerprint density at radius 1 is 1.25 bits per heavy atom. The second-order valence-corrected chi connectivity index (χ2v) is 5.58. The maximum atomic E-state index is 5.51. The van der Waals surface area contributed by atoms with Gasteiger partial charge in [-0.1, -0.05) is 12.2 Å². The van der Waals surface area contributed by atoms with Crippen LogP contribution in [0.3, 0.4) is 0 Å². The zero-order valence-corrected chi connectivity index (χ0v) is 10.8. The van der Waals surface area contributed by atoms with Gasteiger partial charge < -0.3 is 10.6 Å². The first-order valence-electron chi connectivity index (χ1n) is 6.50. The standard InChI is InChI=1S/C12H23N3S/c13-12(16)4-3-6-14-9-5-11(10-14)15-7-1-2-8-15/h11H,1-10H2,(H2,13,16). The Kier molecular flexibility index (Phi) is 4.55. The number of hydrogen-bond acceptors (Lipinski definition) is 3. The van der Waals surface area contributed by atoms with E-state index in [1.165, 1.54) is 52.0 Å². The highest BCUT2D eigenvalue weighted by Gasteiger charge is 2.28. The van der Waals surface area contributed by atoms with Crippen LogP contribution in [0.15, 0.2) is 0 Å². The van der Waals surface area contributed by atoms with Crippen LogP contribution in [0.5, 0.6) is 0 Å². The van der Waals surface area contributed by atoms with Crippen LogP contribution in [0.2, 0.25) is 0 Å². The van der Waals surface area contributed by atoms with Crippen molar-refractivity contribution in [1.82, 2.24) is 9.80 Å². The van der Waals surface area contributed by atoms with Gasteiger partial charge in [-0.05, 0) is 58.3 Å². The average molecular weight is 241 g/mol. The molecule has 16 heavy (non-hydrogen) atoms. The van der Waals surface area contributed by atoms with Crippen LogP contribution in [0.1, 0.15) is 32.1 Å². The average Bonchev–Trinajstić information content (AvgIpc) is 2.85. The molecular formula is C12H23N3S. The first-order valence-corrected chi connectivity index (χ1v) is 6.91. The molecule has 0 aromatic carbocycles. The van der Waals surface area contributed by atoms with Crippen LogP contribution in [0.25, 0.3) is 0 Å². The summed E-state index contributed by atoms with van der Waals surface area (Å²) in [6.45, 7) is 6.34. The van der Waals surface area contributed by atoms with Gasteiger partial charge in [0.05, 0.1) is 4.99 Å². The fourth-order valence-electron chi connectivity index (χ4n) is 2.90. The summed E-state index contributed by atoms with van der Waals surface area (Å²) in [5.74, 6) is 0. The minimum Gasteiger partial charge on any atom is -0.393 e. The quantitative estimate of drug-likeness (QED) is 0.734. The Morgan fingerprint density at radius 2 is 2.00 bits per heavy atom. The van der Waals surface area contributed by atoms with Crippen molar-refractivity contribution in [2.24, 2.45) is 5.73 Å². The van der Waals surface area contributed by atoms with Gasteiger partial charge in [-0.25, -0.2) is 0 Å². The van der Waals surface area contributed by atoms with Gasteiger partial charge in [0.15, 0.2) is 0 Å². The highest BCUT2D eigenvalue weighted by molar-refractivity contribution is 7.80. The van der Waals surface area contributed by atoms with Crippen molar-refractivity contribution in [1.29, 1.82) is 0 Å². The maximum absolute atomic E-state index is 5.51. The smallest absolute Gasteiger partial charge is 0.0727 e. The van der Waals surface area contributed by atoms with E-state index < -0.39 is 0 Å². The number of rotatable bonds is 5. The molecule has 0 saturated carbocycles. The molecule has 1 atom stereocenters. The van der Waals surface area contributed by atoms with Crippen molar-refractivity contribution < 1.29 is 0 Å². The first kappa shape index (κ1) is 12.3. The SMILES string of the molecule is NC(=S)CCCN1CCC(N2CCCC2)C1. The number of nitrogens with zero attached hydrogens (tertiary/aromatic N) is 2. The number of likely N-dealkylation sites (tertiary alicyclic amines) is 2. The molecule has 4 heteroatoms. The van der Waals surface area contributed by atoms with E-state index in [9.17, 15) is 0 Å². The van der Waals surface area contributed by atoms with E-state index in [-0.39, 0.29) is 0 Å². The largest absolute Gasteiger partial charge is 0.393 e. The Morgan fingerprint density at radius 3 is 2.69 bits per heavy atom. The van der Waals surface area contributed by atoms with Crippen LogP contribution in [0, 0.1) is 0 Å². The summed E-state index contributed by atoms with van der Waals surface area (Å²) >= 11 is 4.90. The summed E-state index contributed by atoms with van der Waals surface area (Å²) in [6, 6.07) is 0.826. The predicted molar refractivity (Wildman–Crippen MR) is 71.7 cm³/mol. The van der Waals surface area contributed by atoms with Gasteiger partial charge in [0.2, 0.25) is 0 Å². The lowest BCUT2D eigenvalue weighted by atomic mass is 10.2. The van der Waals surface area contributed by atoms with Crippen LogP contribution >= 0.6 is 12.2 Å². The lowest BCUT2D eigenvalue weighted by Gasteiger charge is -2.23. The molecule has 0 aliphatic carbocycles. The molecule has 2 aliphatic rings. The third kappa shape index (κ3) is 3.40. The number of thiocarbonyl (C=S) groups is 1. The van der Waals surface area contributed by atoms with E-state index in [0.29, 0.717) is 4.99 Å². The van der Waals surface area contributed by atoms with E-state index in [0.717, 1.165) is 18.9 Å². The Hall–Kier alpha value is -0.190. The molecule has 0 radical (unpaired) electrons. The topological polar surface area (TPSA) is 32.5 Å². The molecule has 0 aromatic rings. The van der Waals surface area contributed by atoms with Gasteiger partial charge in [-0.3, -0.25) is 4.90 Å². The summed E-state index contributed by atoms with van der Waals surface area (Å²) in [5, 5.41) is 0. The van der Waals surface area contributed by atoms with Gasteiger partial charge in [0, 0.05) is 12.6 Å². The van der Waals surface area contributed by atoms with Crippen molar-refractivity contribution >= 4 is 17.2 Å². The minimum absolute atomic E-state index is 0.662. The normalized spacial score (nSPS) is 27.6. The summed E-state index contributed by atoms with van der Waals surface area (Å²) in [5.41, 5.74) is 5.51. The first-order chi connectivity index (χ1) is 7.75. The molecule has 92 valence electrons. The molecule has 2 rings (SSSR count). The summed E-state index contributed by atoms with van der Waals surface area (Å²) in [6.07, 6.45) is 6.19. The maximum Gasteiger partial charge on any atom is 0.0727 e. The van der Waals surface area contributed by atoms with Crippen LogP contribution < -0.4 is 5.73 Å². The predicted octanol–water partition coefficient (Wildman–Crippen LogP) is 1.22. The highest BCUT2D eigenvalue weighted by atomic mass is 32.1. The van der Waals surface area contributed by atoms with E-state index in [1.54, 1.807) is 0 Å². The molecule has 2 N–H and O–H groups in total. The summed E-state index contributed by atoms with van der Waals surface area (Å²) in [7, 11) is 0. The number of nitrogens with two attached hydrogens (primary N) is 1. The number of hydrogen-bond donors (Lipinski definition) is 1. The van der Waals surface area contributed by atoms with Gasteiger partial charge >= 0.3 is 0 Å². The highest BCUT2D eigenvalue weighted by Crippen LogP contribution is 2.20. The molecular weight excluding hydrogens is 218 g/mol. The molecule has 2 saturated heterocycles. The molecule has 2 fully saturated rings. The molecule has 2 aliphatic heterocycles. The molecule has 0 spiro atoms. The third-order valence-electron chi connectivity index (χ3n) is 3.80. The second kappa shape index (κ2) is 5.94. The Balaban J connectivity index is 1.65. The van der Waals surface area contributed by atoms with E-state index in [2.05, 4.69) is 9.80 Å². The van der Waals surface area contributed by atoms with Crippen molar-refractivity contribution in [2.75, 3.05) is 32.7 Å². The summed E-state index contributed by atoms with van der Waals surface area (Å²) < 4.78 is 0. The van der Waals surface area contributed by atoms with Gasteiger partial charge in [-0.15, -0.1) is 0 Å². The summed E-state index contributed by atoms with van der Waals surface area (Å²) in [4.78, 5) is 5.91. The molecule has 0 amide bonds. The fraction of sp³-hybridized carbons (Fsp3) is 0.917. The Labute approximate surface area is 104 Å². The van der Waals surface area contributed by atoms with Gasteiger partial charge in [-0.2, -0.15) is 0 Å². The lowest BCUT2D eigenvalue weighted by molar-refractivity contribution is 0.232. The monoisotopic (exact) mass is 241 g/mol. The van der Waals surface area contributed by atoms with E-state index >= 15 is 0 Å². The zero-order chi connectivity index (χ0) is 11.4. The van der Waals surface area contributed by atoms with E-state index in [4.69, 9.17) is 18.0 Å². The third-order valence-corrected chi connectivity index (χ3v) is 4.01. The van der Waals surface area contributed by atoms with E-state index in [1.807, 2.05) is 0 Å². The van der Waals surface area contributed by atoms with Crippen LogP contribution in [-0.2, 0) is 0 Å². The molecule has 2 heterocycles. The van der Waals surface area contributed by atoms with Gasteiger partial charge in [0.1, 0.15) is 0 Å². The minimum atomic E-state index is 0.662. The van der Waals surface area contributed by atoms with Gasteiger partial charge in [0.25, 0.3) is 0 Å².